The predicted octanol–water partition coefficient (Wildman–Crippen LogP) is 4.63. The normalized spacial score (nSPS) is 11.2. The van der Waals surface area contributed by atoms with Crippen LogP contribution in [0.4, 0.5) is 5.95 Å². The second-order valence-corrected chi connectivity index (χ2v) is 5.69. The molecular formula is C14H10Cl3N3. The van der Waals surface area contributed by atoms with Crippen LogP contribution >= 0.6 is 34.8 Å². The highest BCUT2D eigenvalue weighted by atomic mass is 35.5. The van der Waals surface area contributed by atoms with Crippen LogP contribution in [0.25, 0.3) is 11.0 Å². The zero-order chi connectivity index (χ0) is 14.3. The Hall–Kier alpha value is -1.42. The first-order chi connectivity index (χ1) is 9.54. The number of hydrogen-bond donors (Lipinski definition) is 1. The second kappa shape index (κ2) is 5.17. The lowest BCUT2D eigenvalue weighted by Gasteiger charge is -2.07. The van der Waals surface area contributed by atoms with E-state index in [0.29, 0.717) is 27.6 Å². The number of benzene rings is 2. The maximum absolute atomic E-state index is 6.06. The SMILES string of the molecule is Nc1nc2cc(Cl)c(Cl)cc2n1Cc1cccc(Cl)c1. The quantitative estimate of drug-likeness (QED) is 0.746. The van der Waals surface area contributed by atoms with Crippen molar-refractivity contribution in [1.29, 1.82) is 0 Å². The van der Waals surface area contributed by atoms with Crippen LogP contribution in [0.15, 0.2) is 36.4 Å². The molecule has 0 saturated carbocycles. The van der Waals surface area contributed by atoms with E-state index < -0.39 is 0 Å². The first kappa shape index (κ1) is 13.6. The lowest BCUT2D eigenvalue weighted by Crippen LogP contribution is -2.04. The molecule has 3 rings (SSSR count). The molecule has 0 amide bonds. The van der Waals surface area contributed by atoms with Crippen molar-refractivity contribution in [2.45, 2.75) is 6.54 Å². The van der Waals surface area contributed by atoms with Gasteiger partial charge < -0.3 is 10.3 Å². The van der Waals surface area contributed by atoms with Crippen LogP contribution in [-0.2, 0) is 6.54 Å². The lowest BCUT2D eigenvalue weighted by molar-refractivity contribution is 0.838. The largest absolute Gasteiger partial charge is 0.369 e. The van der Waals surface area contributed by atoms with Crippen LogP contribution in [0.5, 0.6) is 0 Å². The van der Waals surface area contributed by atoms with Gasteiger partial charge in [-0.15, -0.1) is 0 Å². The molecule has 0 aliphatic rings. The molecule has 2 N–H and O–H groups in total. The molecular weight excluding hydrogens is 317 g/mol. The molecule has 0 bridgehead atoms. The van der Waals surface area contributed by atoms with Gasteiger partial charge in [-0.1, -0.05) is 46.9 Å². The molecule has 0 unspecified atom stereocenters. The highest BCUT2D eigenvalue weighted by Crippen LogP contribution is 2.29. The molecule has 1 heterocycles. The average molecular weight is 327 g/mol. The molecule has 0 aliphatic heterocycles. The van der Waals surface area contributed by atoms with E-state index in [4.69, 9.17) is 40.5 Å². The van der Waals surface area contributed by atoms with Crippen LogP contribution in [0.3, 0.4) is 0 Å². The average Bonchev–Trinajstić information content (AvgIpc) is 2.67. The third-order valence-corrected chi connectivity index (χ3v) is 4.01. The van der Waals surface area contributed by atoms with Gasteiger partial charge in [0.25, 0.3) is 0 Å². The Morgan fingerprint density at radius 3 is 2.55 bits per heavy atom. The van der Waals surface area contributed by atoms with Crippen LogP contribution in [0.1, 0.15) is 5.56 Å². The molecule has 6 heteroatoms. The van der Waals surface area contributed by atoms with Gasteiger partial charge in [0.2, 0.25) is 5.95 Å². The number of halogens is 3. The summed E-state index contributed by atoms with van der Waals surface area (Å²) in [5, 5.41) is 1.63. The zero-order valence-electron chi connectivity index (χ0n) is 10.3. The molecule has 20 heavy (non-hydrogen) atoms. The van der Waals surface area contributed by atoms with Crippen LogP contribution in [0, 0.1) is 0 Å². The van der Waals surface area contributed by atoms with Crippen molar-refractivity contribution in [3.8, 4) is 0 Å². The third-order valence-electron chi connectivity index (χ3n) is 3.05. The number of hydrogen-bond acceptors (Lipinski definition) is 2. The van der Waals surface area contributed by atoms with Crippen molar-refractivity contribution in [1.82, 2.24) is 9.55 Å². The Morgan fingerprint density at radius 1 is 1.05 bits per heavy atom. The predicted molar refractivity (Wildman–Crippen MR) is 84.7 cm³/mol. The summed E-state index contributed by atoms with van der Waals surface area (Å²) in [5.41, 5.74) is 8.57. The molecule has 0 atom stereocenters. The third kappa shape index (κ3) is 2.44. The number of fused-ring (bicyclic) bond motifs is 1. The van der Waals surface area contributed by atoms with Gasteiger partial charge in [-0.2, -0.15) is 0 Å². The summed E-state index contributed by atoms with van der Waals surface area (Å²) in [4.78, 5) is 4.30. The number of rotatable bonds is 2. The number of aromatic nitrogens is 2. The van der Waals surface area contributed by atoms with Crippen LogP contribution < -0.4 is 5.73 Å². The smallest absolute Gasteiger partial charge is 0.201 e. The van der Waals surface area contributed by atoms with Crippen molar-refractivity contribution in [3.63, 3.8) is 0 Å². The Bertz CT molecular complexity index is 796. The highest BCUT2D eigenvalue weighted by Gasteiger charge is 2.11. The van der Waals surface area contributed by atoms with E-state index in [9.17, 15) is 0 Å². The van der Waals surface area contributed by atoms with Gasteiger partial charge in [0.15, 0.2) is 0 Å². The summed E-state index contributed by atoms with van der Waals surface area (Å²) in [6.45, 7) is 0.570. The van der Waals surface area contributed by atoms with Gasteiger partial charge in [0.1, 0.15) is 0 Å². The summed E-state index contributed by atoms with van der Waals surface area (Å²) in [6, 6.07) is 11.1. The fraction of sp³-hybridized carbons (Fsp3) is 0.0714. The van der Waals surface area contributed by atoms with Crippen molar-refractivity contribution in [3.05, 3.63) is 57.0 Å². The summed E-state index contributed by atoms with van der Waals surface area (Å²) in [5.74, 6) is 0.415. The topological polar surface area (TPSA) is 43.8 Å². The van der Waals surface area contributed by atoms with Crippen LogP contribution in [0.2, 0.25) is 15.1 Å². The van der Waals surface area contributed by atoms with Gasteiger partial charge in [-0.25, -0.2) is 4.98 Å². The molecule has 0 radical (unpaired) electrons. The minimum Gasteiger partial charge on any atom is -0.369 e. The minimum absolute atomic E-state index is 0.415. The first-order valence-corrected chi connectivity index (χ1v) is 7.03. The van der Waals surface area contributed by atoms with Gasteiger partial charge in [0, 0.05) is 5.02 Å². The Morgan fingerprint density at radius 2 is 1.80 bits per heavy atom. The first-order valence-electron chi connectivity index (χ1n) is 5.90. The second-order valence-electron chi connectivity index (χ2n) is 4.44. The van der Waals surface area contributed by atoms with Gasteiger partial charge >= 0.3 is 0 Å². The van der Waals surface area contributed by atoms with E-state index in [1.807, 2.05) is 28.8 Å². The van der Waals surface area contributed by atoms with Crippen molar-refractivity contribution in [2.24, 2.45) is 0 Å². The van der Waals surface area contributed by atoms with Crippen molar-refractivity contribution < 1.29 is 0 Å². The zero-order valence-corrected chi connectivity index (χ0v) is 12.5. The molecule has 0 spiro atoms. The number of anilines is 1. The number of nitrogens with two attached hydrogens (primary N) is 1. The van der Waals surface area contributed by atoms with E-state index in [1.54, 1.807) is 12.1 Å². The molecule has 2 aromatic carbocycles. The van der Waals surface area contributed by atoms with E-state index in [0.717, 1.165) is 16.6 Å². The summed E-state index contributed by atoms with van der Waals surface area (Å²) in [7, 11) is 0. The fourth-order valence-electron chi connectivity index (χ4n) is 2.12. The summed E-state index contributed by atoms with van der Waals surface area (Å²) < 4.78 is 1.88. The Balaban J connectivity index is 2.11. The Labute approximate surface area is 130 Å². The monoisotopic (exact) mass is 325 g/mol. The van der Waals surface area contributed by atoms with E-state index in [-0.39, 0.29) is 0 Å². The van der Waals surface area contributed by atoms with E-state index in [2.05, 4.69) is 4.98 Å². The molecule has 3 aromatic rings. The van der Waals surface area contributed by atoms with E-state index in [1.165, 1.54) is 0 Å². The van der Waals surface area contributed by atoms with Crippen LogP contribution in [-0.4, -0.2) is 9.55 Å². The van der Waals surface area contributed by atoms with Crippen molar-refractivity contribution in [2.75, 3.05) is 5.73 Å². The highest BCUT2D eigenvalue weighted by molar-refractivity contribution is 6.42. The van der Waals surface area contributed by atoms with E-state index >= 15 is 0 Å². The summed E-state index contributed by atoms with van der Waals surface area (Å²) in [6.07, 6.45) is 0. The molecule has 1 aromatic heterocycles. The van der Waals surface area contributed by atoms with Gasteiger partial charge in [0.05, 0.1) is 27.6 Å². The maximum atomic E-state index is 6.06. The van der Waals surface area contributed by atoms with Gasteiger partial charge in [-0.05, 0) is 29.8 Å². The molecule has 0 fully saturated rings. The summed E-state index contributed by atoms with van der Waals surface area (Å²) >= 11 is 18.0. The molecule has 0 saturated heterocycles. The minimum atomic E-state index is 0.415. The van der Waals surface area contributed by atoms with Crippen molar-refractivity contribution >= 4 is 51.8 Å². The fourth-order valence-corrected chi connectivity index (χ4v) is 2.65. The maximum Gasteiger partial charge on any atom is 0.201 e. The standard InChI is InChI=1S/C14H10Cl3N3/c15-9-3-1-2-8(4-9)7-20-13-6-11(17)10(16)5-12(13)19-14(20)18/h1-6H,7H2,(H2,18,19). The van der Waals surface area contributed by atoms with Gasteiger partial charge in [-0.3, -0.25) is 0 Å². The number of nitrogens with zero attached hydrogens (tertiary/aromatic N) is 2. The number of nitrogen functional groups attached to an aromatic ring is 1. The molecule has 102 valence electrons. The Kier molecular flexibility index (Phi) is 3.50. The lowest BCUT2D eigenvalue weighted by atomic mass is 10.2. The number of imidazole rings is 1. The molecule has 0 aliphatic carbocycles. The molecule has 3 nitrogen and oxygen atoms in total.